The van der Waals surface area contributed by atoms with Gasteiger partial charge < -0.3 is 14.4 Å². The van der Waals surface area contributed by atoms with Crippen LogP contribution in [-0.4, -0.2) is 86.4 Å². The van der Waals surface area contributed by atoms with Crippen LogP contribution in [0.5, 0.6) is 0 Å². The van der Waals surface area contributed by atoms with Crippen molar-refractivity contribution in [1.82, 2.24) is 9.80 Å². The fourth-order valence-electron chi connectivity index (χ4n) is 2.60. The summed E-state index contributed by atoms with van der Waals surface area (Å²) in [4.78, 5) is 16.6. The van der Waals surface area contributed by atoms with E-state index in [0.717, 1.165) is 57.3 Å². The van der Waals surface area contributed by atoms with Gasteiger partial charge in [-0.15, -0.1) is 0 Å². The van der Waals surface area contributed by atoms with Gasteiger partial charge in [0.25, 0.3) is 0 Å². The van der Waals surface area contributed by atoms with E-state index in [9.17, 15) is 4.79 Å². The summed E-state index contributed by atoms with van der Waals surface area (Å²) in [7, 11) is 1.58. The predicted octanol–water partition coefficient (Wildman–Crippen LogP) is 0.299. The molecule has 2 saturated heterocycles. The maximum Gasteiger partial charge on any atom is 0.248 e. The molecular weight excluding hydrogens is 264 g/mol. The first-order chi connectivity index (χ1) is 9.31. The Labute approximate surface area is 119 Å². The number of ether oxygens (including phenoxy) is 2. The van der Waals surface area contributed by atoms with Gasteiger partial charge in [-0.25, -0.2) is 0 Å². The topological polar surface area (TPSA) is 42.0 Å². The number of carbonyl (C=O) groups excluding carboxylic acids is 1. The maximum absolute atomic E-state index is 12.2. The van der Waals surface area contributed by atoms with Crippen LogP contribution in [0.25, 0.3) is 0 Å². The molecular formula is C13H24N2O3S. The van der Waals surface area contributed by atoms with Gasteiger partial charge in [-0.2, -0.15) is 11.8 Å². The molecule has 0 saturated carbocycles. The van der Waals surface area contributed by atoms with Crippen molar-refractivity contribution in [3.05, 3.63) is 0 Å². The number of hydrogen-bond donors (Lipinski definition) is 0. The predicted molar refractivity (Wildman–Crippen MR) is 76.6 cm³/mol. The number of morpholine rings is 1. The second kappa shape index (κ2) is 8.09. The lowest BCUT2D eigenvalue weighted by molar-refractivity contribution is -0.137. The van der Waals surface area contributed by atoms with Crippen LogP contribution in [0.4, 0.5) is 0 Å². The summed E-state index contributed by atoms with van der Waals surface area (Å²) in [5, 5.41) is 0. The van der Waals surface area contributed by atoms with Gasteiger partial charge >= 0.3 is 0 Å². The van der Waals surface area contributed by atoms with Gasteiger partial charge in [0.05, 0.1) is 19.3 Å². The van der Waals surface area contributed by atoms with Crippen LogP contribution < -0.4 is 0 Å². The van der Waals surface area contributed by atoms with Crippen molar-refractivity contribution in [1.29, 1.82) is 0 Å². The Morgan fingerprint density at radius 3 is 2.89 bits per heavy atom. The van der Waals surface area contributed by atoms with Gasteiger partial charge in [-0.3, -0.25) is 9.69 Å². The maximum atomic E-state index is 12.2. The normalized spacial score (nSPS) is 26.2. The molecule has 110 valence electrons. The van der Waals surface area contributed by atoms with E-state index in [0.29, 0.717) is 6.04 Å². The molecule has 0 aromatic rings. The van der Waals surface area contributed by atoms with Crippen LogP contribution in [-0.2, 0) is 14.3 Å². The van der Waals surface area contributed by atoms with Crippen molar-refractivity contribution in [2.45, 2.75) is 12.5 Å². The Morgan fingerprint density at radius 2 is 2.16 bits per heavy atom. The standard InChI is InChI=1S/C13H24N2O3S/c1-17-10-13(16)15-3-2-8-19-11-12(15)9-14-4-6-18-7-5-14/h12H,2-11H2,1H3. The quantitative estimate of drug-likeness (QED) is 0.744. The Bertz CT molecular complexity index is 285. The fraction of sp³-hybridized carbons (Fsp3) is 0.923. The lowest BCUT2D eigenvalue weighted by Gasteiger charge is -2.35. The number of methoxy groups -OCH3 is 1. The highest BCUT2D eigenvalue weighted by Crippen LogP contribution is 2.18. The van der Waals surface area contributed by atoms with Gasteiger partial charge in [0.15, 0.2) is 0 Å². The third kappa shape index (κ3) is 4.63. The van der Waals surface area contributed by atoms with E-state index in [1.807, 2.05) is 16.7 Å². The monoisotopic (exact) mass is 288 g/mol. The summed E-state index contributed by atoms with van der Waals surface area (Å²) in [6.07, 6.45) is 1.08. The summed E-state index contributed by atoms with van der Waals surface area (Å²) in [6.45, 7) is 5.61. The first-order valence-corrected chi connectivity index (χ1v) is 8.13. The molecule has 6 heteroatoms. The van der Waals surface area contributed by atoms with Crippen LogP contribution in [0.15, 0.2) is 0 Å². The lowest BCUT2D eigenvalue weighted by atomic mass is 10.2. The second-order valence-corrected chi connectivity index (χ2v) is 6.17. The van der Waals surface area contributed by atoms with Crippen LogP contribution in [0.2, 0.25) is 0 Å². The molecule has 2 rings (SSSR count). The minimum absolute atomic E-state index is 0.128. The minimum Gasteiger partial charge on any atom is -0.379 e. The number of nitrogens with zero attached hydrogens (tertiary/aromatic N) is 2. The SMILES string of the molecule is COCC(=O)N1CCCSCC1CN1CCOCC1. The fourth-order valence-corrected chi connectivity index (χ4v) is 3.65. The largest absolute Gasteiger partial charge is 0.379 e. The van der Waals surface area contributed by atoms with Gasteiger partial charge in [0, 0.05) is 39.0 Å². The third-order valence-corrected chi connectivity index (χ3v) is 4.80. The summed E-state index contributed by atoms with van der Waals surface area (Å²) in [5.41, 5.74) is 0. The smallest absolute Gasteiger partial charge is 0.248 e. The molecule has 0 aromatic heterocycles. The highest BCUT2D eigenvalue weighted by Gasteiger charge is 2.27. The molecule has 2 heterocycles. The lowest BCUT2D eigenvalue weighted by Crippen LogP contribution is -2.51. The summed E-state index contributed by atoms with van der Waals surface area (Å²) in [6, 6.07) is 0.313. The van der Waals surface area contributed by atoms with Crippen molar-refractivity contribution in [3.8, 4) is 0 Å². The van der Waals surface area contributed by atoms with Crippen LogP contribution in [0, 0.1) is 0 Å². The van der Waals surface area contributed by atoms with Crippen molar-refractivity contribution < 1.29 is 14.3 Å². The zero-order valence-electron chi connectivity index (χ0n) is 11.7. The third-order valence-electron chi connectivity index (χ3n) is 3.60. The molecule has 0 spiro atoms. The molecule has 5 nitrogen and oxygen atoms in total. The van der Waals surface area contributed by atoms with E-state index in [4.69, 9.17) is 9.47 Å². The molecule has 1 unspecified atom stereocenters. The van der Waals surface area contributed by atoms with Crippen molar-refractivity contribution in [2.24, 2.45) is 0 Å². The van der Waals surface area contributed by atoms with Crippen molar-refractivity contribution in [2.75, 3.05) is 64.6 Å². The van der Waals surface area contributed by atoms with E-state index >= 15 is 0 Å². The molecule has 19 heavy (non-hydrogen) atoms. The number of carbonyl (C=O) groups is 1. The molecule has 0 aliphatic carbocycles. The summed E-state index contributed by atoms with van der Waals surface area (Å²) in [5.74, 6) is 2.31. The van der Waals surface area contributed by atoms with Gasteiger partial charge in [-0.05, 0) is 12.2 Å². The van der Waals surface area contributed by atoms with E-state index < -0.39 is 0 Å². The number of amides is 1. The average Bonchev–Trinajstić information content (AvgIpc) is 2.66. The average molecular weight is 288 g/mol. The first kappa shape index (κ1) is 15.1. The summed E-state index contributed by atoms with van der Waals surface area (Å²) >= 11 is 1.96. The Hall–Kier alpha value is -0.300. The Balaban J connectivity index is 1.93. The summed E-state index contributed by atoms with van der Waals surface area (Å²) < 4.78 is 10.4. The van der Waals surface area contributed by atoms with E-state index in [-0.39, 0.29) is 12.5 Å². The number of thioether (sulfide) groups is 1. The Morgan fingerprint density at radius 1 is 1.37 bits per heavy atom. The molecule has 1 amide bonds. The zero-order valence-corrected chi connectivity index (χ0v) is 12.5. The molecule has 1 atom stereocenters. The van der Waals surface area contributed by atoms with Crippen LogP contribution in [0.3, 0.4) is 0 Å². The van der Waals surface area contributed by atoms with Crippen LogP contribution >= 0.6 is 11.8 Å². The van der Waals surface area contributed by atoms with Crippen molar-refractivity contribution >= 4 is 17.7 Å². The minimum atomic E-state index is 0.128. The highest BCUT2D eigenvalue weighted by molar-refractivity contribution is 7.99. The molecule has 2 aliphatic heterocycles. The Kier molecular flexibility index (Phi) is 6.43. The first-order valence-electron chi connectivity index (χ1n) is 6.97. The number of hydrogen-bond acceptors (Lipinski definition) is 5. The van der Waals surface area contributed by atoms with Gasteiger partial charge in [0.2, 0.25) is 5.91 Å². The molecule has 0 bridgehead atoms. The molecule has 0 radical (unpaired) electrons. The number of rotatable bonds is 4. The molecule has 2 aliphatic rings. The highest BCUT2D eigenvalue weighted by atomic mass is 32.2. The molecule has 0 N–H and O–H groups in total. The van der Waals surface area contributed by atoms with E-state index in [1.165, 1.54) is 0 Å². The van der Waals surface area contributed by atoms with E-state index in [2.05, 4.69) is 4.90 Å². The van der Waals surface area contributed by atoms with Crippen LogP contribution in [0.1, 0.15) is 6.42 Å². The second-order valence-electron chi connectivity index (χ2n) is 5.02. The zero-order chi connectivity index (χ0) is 13.5. The van der Waals surface area contributed by atoms with E-state index in [1.54, 1.807) is 7.11 Å². The molecule has 0 aromatic carbocycles. The van der Waals surface area contributed by atoms with Gasteiger partial charge in [0.1, 0.15) is 6.61 Å². The molecule has 2 fully saturated rings. The van der Waals surface area contributed by atoms with Gasteiger partial charge in [-0.1, -0.05) is 0 Å². The van der Waals surface area contributed by atoms with Crippen molar-refractivity contribution in [3.63, 3.8) is 0 Å².